The van der Waals surface area contributed by atoms with Gasteiger partial charge < -0.3 is 9.47 Å². The molecule has 1 aromatic rings. The SMILES string of the molecule is COc1cccc(OC)c1/C=C/C(=O)C(F)(F)F. The number of rotatable bonds is 4. The van der Waals surface area contributed by atoms with Crippen LogP contribution in [-0.4, -0.2) is 26.2 Å². The smallest absolute Gasteiger partial charge is 0.454 e. The largest absolute Gasteiger partial charge is 0.496 e. The van der Waals surface area contributed by atoms with Gasteiger partial charge in [0, 0.05) is 0 Å². The van der Waals surface area contributed by atoms with Crippen LogP contribution in [0, 0.1) is 0 Å². The van der Waals surface area contributed by atoms with Gasteiger partial charge in [0.1, 0.15) is 11.5 Å². The first kappa shape index (κ1) is 14.1. The molecule has 0 bridgehead atoms. The van der Waals surface area contributed by atoms with Gasteiger partial charge in [-0.25, -0.2) is 0 Å². The summed E-state index contributed by atoms with van der Waals surface area (Å²) in [5, 5.41) is 0. The fourth-order valence-corrected chi connectivity index (χ4v) is 1.30. The van der Waals surface area contributed by atoms with E-state index in [-0.39, 0.29) is 5.56 Å². The topological polar surface area (TPSA) is 35.5 Å². The second-order valence-corrected chi connectivity index (χ2v) is 3.27. The Balaban J connectivity index is 3.10. The molecule has 0 spiro atoms. The molecule has 0 amide bonds. The number of carbonyl (C=O) groups excluding carboxylic acids is 1. The predicted octanol–water partition coefficient (Wildman–Crippen LogP) is 2.85. The van der Waals surface area contributed by atoms with E-state index in [4.69, 9.17) is 9.47 Å². The minimum Gasteiger partial charge on any atom is -0.496 e. The first-order valence-corrected chi connectivity index (χ1v) is 4.90. The van der Waals surface area contributed by atoms with Crippen LogP contribution in [0.25, 0.3) is 6.08 Å². The third-order valence-electron chi connectivity index (χ3n) is 2.15. The maximum Gasteiger partial charge on any atom is 0.454 e. The molecular weight excluding hydrogens is 249 g/mol. The van der Waals surface area contributed by atoms with Crippen LogP contribution in [0.1, 0.15) is 5.56 Å². The van der Waals surface area contributed by atoms with Crippen LogP contribution in [0.5, 0.6) is 11.5 Å². The lowest BCUT2D eigenvalue weighted by Crippen LogP contribution is -2.19. The summed E-state index contributed by atoms with van der Waals surface area (Å²) in [6.07, 6.45) is -3.42. The molecule has 3 nitrogen and oxygen atoms in total. The number of alkyl halides is 3. The number of hydrogen-bond donors (Lipinski definition) is 0. The van der Waals surface area contributed by atoms with Gasteiger partial charge in [-0.3, -0.25) is 4.79 Å². The van der Waals surface area contributed by atoms with Gasteiger partial charge in [-0.2, -0.15) is 13.2 Å². The number of halogens is 3. The Labute approximate surface area is 102 Å². The van der Waals surface area contributed by atoms with E-state index in [1.807, 2.05) is 0 Å². The van der Waals surface area contributed by atoms with Crippen molar-refractivity contribution >= 4 is 11.9 Å². The van der Waals surface area contributed by atoms with Gasteiger partial charge in [-0.15, -0.1) is 0 Å². The number of ketones is 1. The highest BCUT2D eigenvalue weighted by atomic mass is 19.4. The van der Waals surface area contributed by atoms with Gasteiger partial charge in [0.25, 0.3) is 5.78 Å². The van der Waals surface area contributed by atoms with E-state index in [1.54, 1.807) is 18.2 Å². The van der Waals surface area contributed by atoms with Crippen molar-refractivity contribution in [2.45, 2.75) is 6.18 Å². The molecule has 0 saturated carbocycles. The van der Waals surface area contributed by atoms with E-state index in [0.29, 0.717) is 17.6 Å². The van der Waals surface area contributed by atoms with Crippen molar-refractivity contribution in [1.82, 2.24) is 0 Å². The first-order valence-electron chi connectivity index (χ1n) is 4.90. The van der Waals surface area contributed by atoms with Crippen LogP contribution in [-0.2, 0) is 4.79 Å². The zero-order chi connectivity index (χ0) is 13.8. The highest BCUT2D eigenvalue weighted by Gasteiger charge is 2.36. The molecule has 0 aliphatic rings. The molecule has 0 radical (unpaired) electrons. The summed E-state index contributed by atoms with van der Waals surface area (Å²) in [5.41, 5.74) is 0.278. The molecule has 0 aliphatic heterocycles. The molecule has 18 heavy (non-hydrogen) atoms. The van der Waals surface area contributed by atoms with Gasteiger partial charge in [-0.1, -0.05) is 6.07 Å². The minimum absolute atomic E-state index is 0.278. The molecule has 0 unspecified atom stereocenters. The molecule has 0 heterocycles. The molecular formula is C12H11F3O3. The van der Waals surface area contributed by atoms with Crippen molar-refractivity contribution in [2.75, 3.05) is 14.2 Å². The average Bonchev–Trinajstić information content (AvgIpc) is 2.34. The van der Waals surface area contributed by atoms with Crippen molar-refractivity contribution in [3.8, 4) is 11.5 Å². The van der Waals surface area contributed by atoms with Crippen LogP contribution in [0.15, 0.2) is 24.3 Å². The lowest BCUT2D eigenvalue weighted by Gasteiger charge is -2.09. The molecule has 0 fully saturated rings. The molecule has 6 heteroatoms. The van der Waals surface area contributed by atoms with Crippen LogP contribution >= 0.6 is 0 Å². The predicted molar refractivity (Wildman–Crippen MR) is 59.6 cm³/mol. The van der Waals surface area contributed by atoms with Gasteiger partial charge in [0.05, 0.1) is 19.8 Å². The highest BCUT2D eigenvalue weighted by molar-refractivity contribution is 5.98. The molecule has 0 saturated heterocycles. The molecule has 0 aromatic heterocycles. The van der Waals surface area contributed by atoms with Crippen molar-refractivity contribution in [2.24, 2.45) is 0 Å². The monoisotopic (exact) mass is 260 g/mol. The Kier molecular flexibility index (Phi) is 4.36. The Hall–Kier alpha value is -1.98. The lowest BCUT2D eigenvalue weighted by atomic mass is 10.1. The first-order chi connectivity index (χ1) is 8.40. The summed E-state index contributed by atoms with van der Waals surface area (Å²) < 4.78 is 46.1. The van der Waals surface area contributed by atoms with Gasteiger partial charge in [0.2, 0.25) is 0 Å². The van der Waals surface area contributed by atoms with E-state index < -0.39 is 12.0 Å². The molecule has 98 valence electrons. The molecule has 1 aromatic carbocycles. The number of ether oxygens (including phenoxy) is 2. The zero-order valence-electron chi connectivity index (χ0n) is 9.75. The summed E-state index contributed by atoms with van der Waals surface area (Å²) in [7, 11) is 2.75. The lowest BCUT2D eigenvalue weighted by molar-refractivity contribution is -0.165. The van der Waals surface area contributed by atoms with E-state index in [9.17, 15) is 18.0 Å². The number of benzene rings is 1. The summed E-state index contributed by atoms with van der Waals surface area (Å²) in [6, 6.07) is 4.74. The van der Waals surface area contributed by atoms with Crippen LogP contribution < -0.4 is 9.47 Å². The summed E-state index contributed by atoms with van der Waals surface area (Å²) in [5.74, 6) is -1.29. The fourth-order valence-electron chi connectivity index (χ4n) is 1.30. The van der Waals surface area contributed by atoms with Crippen LogP contribution in [0.4, 0.5) is 13.2 Å². The molecule has 0 N–H and O–H groups in total. The average molecular weight is 260 g/mol. The van der Waals surface area contributed by atoms with E-state index >= 15 is 0 Å². The zero-order valence-corrected chi connectivity index (χ0v) is 9.75. The van der Waals surface area contributed by atoms with Crippen molar-refractivity contribution in [3.63, 3.8) is 0 Å². The normalized spacial score (nSPS) is 11.6. The quantitative estimate of drug-likeness (QED) is 0.781. The summed E-state index contributed by atoms with van der Waals surface area (Å²) >= 11 is 0. The Morgan fingerprint density at radius 2 is 1.67 bits per heavy atom. The molecule has 0 atom stereocenters. The van der Waals surface area contributed by atoms with E-state index in [0.717, 1.165) is 6.08 Å². The summed E-state index contributed by atoms with van der Waals surface area (Å²) in [4.78, 5) is 10.7. The van der Waals surface area contributed by atoms with Crippen molar-refractivity contribution in [1.29, 1.82) is 0 Å². The Bertz CT molecular complexity index is 442. The molecule has 0 aliphatic carbocycles. The van der Waals surface area contributed by atoms with Crippen LogP contribution in [0.2, 0.25) is 0 Å². The standard InChI is InChI=1S/C12H11F3O3/c1-17-9-4-3-5-10(18-2)8(9)6-7-11(16)12(13,14)15/h3-7H,1-2H3/b7-6+. The maximum absolute atomic E-state index is 12.1. The third-order valence-corrected chi connectivity index (χ3v) is 2.15. The van der Waals surface area contributed by atoms with E-state index in [2.05, 4.69) is 0 Å². The third kappa shape index (κ3) is 3.26. The number of methoxy groups -OCH3 is 2. The fraction of sp³-hybridized carbons (Fsp3) is 0.250. The number of carbonyl (C=O) groups is 1. The molecule has 1 rings (SSSR count). The second kappa shape index (κ2) is 5.57. The van der Waals surface area contributed by atoms with Gasteiger partial charge >= 0.3 is 6.18 Å². The summed E-state index contributed by atoms with van der Waals surface area (Å²) in [6.45, 7) is 0. The Morgan fingerprint density at radius 1 is 1.17 bits per heavy atom. The number of hydrogen-bond acceptors (Lipinski definition) is 3. The van der Waals surface area contributed by atoms with Crippen LogP contribution in [0.3, 0.4) is 0 Å². The van der Waals surface area contributed by atoms with Gasteiger partial charge in [0.15, 0.2) is 0 Å². The minimum atomic E-state index is -4.88. The second-order valence-electron chi connectivity index (χ2n) is 3.27. The highest BCUT2D eigenvalue weighted by Crippen LogP contribution is 2.30. The Morgan fingerprint density at radius 3 is 2.06 bits per heavy atom. The van der Waals surface area contributed by atoms with Crippen molar-refractivity contribution < 1.29 is 27.4 Å². The number of allylic oxidation sites excluding steroid dienone is 1. The maximum atomic E-state index is 12.1. The van der Waals surface area contributed by atoms with Gasteiger partial charge in [-0.05, 0) is 24.3 Å². The van der Waals surface area contributed by atoms with Crippen molar-refractivity contribution in [3.05, 3.63) is 29.8 Å². The van der Waals surface area contributed by atoms with E-state index in [1.165, 1.54) is 14.2 Å².